The Morgan fingerprint density at radius 2 is 1.79 bits per heavy atom. The Hall–Kier alpha value is -0.290. The first kappa shape index (κ1) is 13.7. The van der Waals surface area contributed by atoms with E-state index in [2.05, 4.69) is 5.32 Å². The third-order valence-electron chi connectivity index (χ3n) is 1.79. The molecule has 0 fully saturated rings. The van der Waals surface area contributed by atoms with Crippen molar-refractivity contribution in [3.8, 4) is 0 Å². The van der Waals surface area contributed by atoms with Crippen LogP contribution in [0.3, 0.4) is 0 Å². The maximum absolute atomic E-state index is 11.7. The second-order valence-corrected chi connectivity index (χ2v) is 3.17. The average molecular weight is 213 g/mol. The van der Waals surface area contributed by atoms with E-state index in [1.54, 1.807) is 7.11 Å². The number of rotatable bonds is 8. The van der Waals surface area contributed by atoms with Gasteiger partial charge >= 0.3 is 6.18 Å². The molecule has 0 aliphatic carbocycles. The maximum atomic E-state index is 11.7. The van der Waals surface area contributed by atoms with Crippen molar-refractivity contribution >= 4 is 0 Å². The predicted octanol–water partition coefficient (Wildman–Crippen LogP) is 2.35. The molecule has 0 aromatic heterocycles. The van der Waals surface area contributed by atoms with Gasteiger partial charge in [-0.3, -0.25) is 0 Å². The first-order chi connectivity index (χ1) is 6.56. The maximum Gasteiger partial charge on any atom is 0.390 e. The number of nitrogens with one attached hydrogen (secondary N) is 1. The number of methoxy groups -OCH3 is 1. The van der Waals surface area contributed by atoms with Crippen molar-refractivity contribution < 1.29 is 17.9 Å². The summed E-state index contributed by atoms with van der Waals surface area (Å²) in [5.41, 5.74) is 0. The van der Waals surface area contributed by atoms with Crippen molar-refractivity contribution in [2.75, 3.05) is 26.8 Å². The minimum absolute atomic E-state index is 0.0216. The SMILES string of the molecule is COCCCCCNCCC(F)(F)F. The molecular formula is C9H18F3NO. The summed E-state index contributed by atoms with van der Waals surface area (Å²) in [5.74, 6) is 0. The Bertz CT molecular complexity index is 128. The van der Waals surface area contributed by atoms with Gasteiger partial charge in [-0.1, -0.05) is 0 Å². The summed E-state index contributed by atoms with van der Waals surface area (Å²) in [7, 11) is 1.64. The van der Waals surface area contributed by atoms with Crippen LogP contribution in [0.4, 0.5) is 13.2 Å². The molecule has 1 N–H and O–H groups in total. The van der Waals surface area contributed by atoms with Gasteiger partial charge in [-0.25, -0.2) is 0 Å². The highest BCUT2D eigenvalue weighted by molar-refractivity contribution is 4.54. The fourth-order valence-corrected chi connectivity index (χ4v) is 1.03. The number of unbranched alkanes of at least 4 members (excludes halogenated alkanes) is 2. The molecule has 2 nitrogen and oxygen atoms in total. The van der Waals surface area contributed by atoms with Gasteiger partial charge in [0.05, 0.1) is 6.42 Å². The molecule has 0 aliphatic rings. The molecule has 0 amide bonds. The standard InChI is InChI=1S/C9H18F3NO/c1-14-8-4-2-3-6-13-7-5-9(10,11)12/h13H,2-8H2,1H3. The van der Waals surface area contributed by atoms with E-state index in [0.717, 1.165) is 25.9 Å². The Kier molecular flexibility index (Phi) is 7.89. The summed E-state index contributed by atoms with van der Waals surface area (Å²) in [6, 6.07) is 0. The molecular weight excluding hydrogens is 195 g/mol. The van der Waals surface area contributed by atoms with Crippen LogP contribution < -0.4 is 5.32 Å². The third-order valence-corrected chi connectivity index (χ3v) is 1.79. The summed E-state index contributed by atoms with van der Waals surface area (Å²) in [4.78, 5) is 0. The lowest BCUT2D eigenvalue weighted by Gasteiger charge is -2.07. The summed E-state index contributed by atoms with van der Waals surface area (Å²) in [5, 5.41) is 2.76. The van der Waals surface area contributed by atoms with Crippen LogP contribution >= 0.6 is 0 Å². The van der Waals surface area contributed by atoms with Gasteiger partial charge in [-0.05, 0) is 25.8 Å². The highest BCUT2D eigenvalue weighted by Gasteiger charge is 2.25. The Balaban J connectivity index is 2.99. The van der Waals surface area contributed by atoms with Crippen LogP contribution in [0.15, 0.2) is 0 Å². The highest BCUT2D eigenvalue weighted by atomic mass is 19.4. The van der Waals surface area contributed by atoms with Crippen LogP contribution in [0.25, 0.3) is 0 Å². The second-order valence-electron chi connectivity index (χ2n) is 3.17. The molecule has 14 heavy (non-hydrogen) atoms. The van der Waals surface area contributed by atoms with Crippen LogP contribution in [0.1, 0.15) is 25.7 Å². The molecule has 0 aromatic rings. The van der Waals surface area contributed by atoms with Gasteiger partial charge in [-0.15, -0.1) is 0 Å². The van der Waals surface area contributed by atoms with E-state index in [1.807, 2.05) is 0 Å². The Morgan fingerprint density at radius 1 is 1.07 bits per heavy atom. The number of ether oxygens (including phenoxy) is 1. The topological polar surface area (TPSA) is 21.3 Å². The lowest BCUT2D eigenvalue weighted by atomic mass is 10.2. The monoisotopic (exact) mass is 213 g/mol. The van der Waals surface area contributed by atoms with Crippen LogP contribution in [-0.4, -0.2) is 33.0 Å². The van der Waals surface area contributed by atoms with E-state index in [-0.39, 0.29) is 6.54 Å². The summed E-state index contributed by atoms with van der Waals surface area (Å²) in [6.45, 7) is 1.40. The van der Waals surface area contributed by atoms with Gasteiger partial charge in [0.15, 0.2) is 0 Å². The van der Waals surface area contributed by atoms with Crippen LogP contribution in [0.5, 0.6) is 0 Å². The number of alkyl halides is 3. The van der Waals surface area contributed by atoms with Crippen molar-refractivity contribution in [1.82, 2.24) is 5.32 Å². The van der Waals surface area contributed by atoms with Crippen molar-refractivity contribution in [1.29, 1.82) is 0 Å². The van der Waals surface area contributed by atoms with Crippen LogP contribution in [0.2, 0.25) is 0 Å². The van der Waals surface area contributed by atoms with Crippen molar-refractivity contribution in [2.45, 2.75) is 31.9 Å². The molecule has 0 radical (unpaired) electrons. The lowest BCUT2D eigenvalue weighted by Crippen LogP contribution is -2.22. The molecule has 0 bridgehead atoms. The number of halogens is 3. The molecule has 0 saturated heterocycles. The molecule has 0 saturated carbocycles. The van der Waals surface area contributed by atoms with E-state index in [0.29, 0.717) is 6.54 Å². The fraction of sp³-hybridized carbons (Fsp3) is 1.00. The van der Waals surface area contributed by atoms with Gasteiger partial charge < -0.3 is 10.1 Å². The molecule has 5 heteroatoms. The van der Waals surface area contributed by atoms with Gasteiger partial charge in [-0.2, -0.15) is 13.2 Å². The average Bonchev–Trinajstić information content (AvgIpc) is 2.08. The van der Waals surface area contributed by atoms with E-state index >= 15 is 0 Å². The summed E-state index contributed by atoms with van der Waals surface area (Å²) in [6.07, 6.45) is -1.92. The van der Waals surface area contributed by atoms with E-state index in [1.165, 1.54) is 0 Å². The summed E-state index contributed by atoms with van der Waals surface area (Å²) >= 11 is 0. The van der Waals surface area contributed by atoms with Gasteiger partial charge in [0.25, 0.3) is 0 Å². The minimum atomic E-state index is -4.04. The van der Waals surface area contributed by atoms with Crippen molar-refractivity contribution in [3.63, 3.8) is 0 Å². The molecule has 0 unspecified atom stereocenters. The number of hydrogen-bond donors (Lipinski definition) is 1. The smallest absolute Gasteiger partial charge is 0.385 e. The van der Waals surface area contributed by atoms with E-state index in [4.69, 9.17) is 4.74 Å². The molecule has 0 spiro atoms. The normalized spacial score (nSPS) is 12.0. The third kappa shape index (κ3) is 11.7. The lowest BCUT2D eigenvalue weighted by molar-refractivity contribution is -0.133. The summed E-state index contributed by atoms with van der Waals surface area (Å²) < 4.78 is 39.9. The Labute approximate surface area is 82.8 Å². The first-order valence-electron chi connectivity index (χ1n) is 4.82. The second kappa shape index (κ2) is 8.05. The molecule has 0 heterocycles. The van der Waals surface area contributed by atoms with Gasteiger partial charge in [0, 0.05) is 20.3 Å². The van der Waals surface area contributed by atoms with Gasteiger partial charge in [0.1, 0.15) is 0 Å². The largest absolute Gasteiger partial charge is 0.390 e. The van der Waals surface area contributed by atoms with E-state index < -0.39 is 12.6 Å². The zero-order chi connectivity index (χ0) is 10.9. The van der Waals surface area contributed by atoms with E-state index in [9.17, 15) is 13.2 Å². The Morgan fingerprint density at radius 3 is 2.36 bits per heavy atom. The van der Waals surface area contributed by atoms with Gasteiger partial charge in [0.2, 0.25) is 0 Å². The molecule has 0 aromatic carbocycles. The first-order valence-corrected chi connectivity index (χ1v) is 4.82. The molecule has 86 valence electrons. The minimum Gasteiger partial charge on any atom is -0.385 e. The van der Waals surface area contributed by atoms with Crippen LogP contribution in [0, 0.1) is 0 Å². The zero-order valence-electron chi connectivity index (χ0n) is 8.49. The molecule has 0 aliphatic heterocycles. The van der Waals surface area contributed by atoms with Crippen molar-refractivity contribution in [2.24, 2.45) is 0 Å². The fourth-order valence-electron chi connectivity index (χ4n) is 1.03. The molecule has 0 atom stereocenters. The number of hydrogen-bond acceptors (Lipinski definition) is 2. The molecule has 0 rings (SSSR count). The highest BCUT2D eigenvalue weighted by Crippen LogP contribution is 2.17. The van der Waals surface area contributed by atoms with Crippen LogP contribution in [-0.2, 0) is 4.74 Å². The zero-order valence-corrected chi connectivity index (χ0v) is 8.49. The quantitative estimate of drug-likeness (QED) is 0.625. The van der Waals surface area contributed by atoms with Crippen molar-refractivity contribution in [3.05, 3.63) is 0 Å². The predicted molar refractivity (Wildman–Crippen MR) is 49.3 cm³/mol.